The summed E-state index contributed by atoms with van der Waals surface area (Å²) in [5, 5.41) is 3.21. The highest BCUT2D eigenvalue weighted by atomic mass is 16.5. The number of nitrogens with zero attached hydrogens (tertiary/aromatic N) is 1. The van der Waals surface area contributed by atoms with Gasteiger partial charge in [0, 0.05) is 17.7 Å². The topological polar surface area (TPSA) is 43.4 Å². The van der Waals surface area contributed by atoms with Crippen LogP contribution in [0.15, 0.2) is 12.1 Å². The Morgan fingerprint density at radius 3 is 2.62 bits per heavy atom. The lowest BCUT2D eigenvalue weighted by molar-refractivity contribution is 0.360. The second-order valence-corrected chi connectivity index (χ2v) is 3.75. The number of rotatable bonds is 6. The Bertz CT molecular complexity index is 329. The van der Waals surface area contributed by atoms with Crippen molar-refractivity contribution in [2.75, 3.05) is 21.3 Å². The average molecular weight is 224 g/mol. The van der Waals surface area contributed by atoms with Gasteiger partial charge in [-0.15, -0.1) is 0 Å². The number of aromatic nitrogens is 1. The molecule has 0 spiro atoms. The van der Waals surface area contributed by atoms with Crippen LogP contribution < -0.4 is 14.8 Å². The molecule has 4 heteroatoms. The fourth-order valence-electron chi connectivity index (χ4n) is 1.45. The number of aryl methyl sites for hydroxylation is 1. The SMILES string of the molecule is CN[C@H](C)CCc1ccc(OC)nc1OC. The highest BCUT2D eigenvalue weighted by Gasteiger charge is 2.08. The van der Waals surface area contributed by atoms with E-state index in [4.69, 9.17) is 9.47 Å². The molecule has 1 rings (SSSR count). The number of methoxy groups -OCH3 is 2. The van der Waals surface area contributed by atoms with Crippen LogP contribution in [0.3, 0.4) is 0 Å². The van der Waals surface area contributed by atoms with E-state index in [0.717, 1.165) is 18.4 Å². The monoisotopic (exact) mass is 224 g/mol. The van der Waals surface area contributed by atoms with E-state index in [1.807, 2.05) is 19.2 Å². The quantitative estimate of drug-likeness (QED) is 0.797. The fourth-order valence-corrected chi connectivity index (χ4v) is 1.45. The van der Waals surface area contributed by atoms with Gasteiger partial charge in [-0.1, -0.05) is 0 Å². The molecule has 0 aromatic carbocycles. The minimum Gasteiger partial charge on any atom is -0.481 e. The molecular formula is C12H20N2O2. The number of hydrogen-bond donors (Lipinski definition) is 1. The number of hydrogen-bond acceptors (Lipinski definition) is 4. The maximum atomic E-state index is 5.24. The zero-order valence-electron chi connectivity index (χ0n) is 10.4. The second kappa shape index (κ2) is 6.33. The Kier molecular flexibility index (Phi) is 5.05. The predicted molar refractivity (Wildman–Crippen MR) is 64.2 cm³/mol. The molecule has 16 heavy (non-hydrogen) atoms. The summed E-state index contributed by atoms with van der Waals surface area (Å²) in [7, 11) is 5.20. The van der Waals surface area contributed by atoms with E-state index in [1.54, 1.807) is 14.2 Å². The Balaban J connectivity index is 2.71. The van der Waals surface area contributed by atoms with Crippen molar-refractivity contribution in [2.24, 2.45) is 0 Å². The van der Waals surface area contributed by atoms with E-state index in [1.165, 1.54) is 0 Å². The van der Waals surface area contributed by atoms with Gasteiger partial charge in [0.25, 0.3) is 0 Å². The third-order valence-corrected chi connectivity index (χ3v) is 2.66. The molecular weight excluding hydrogens is 204 g/mol. The first kappa shape index (κ1) is 12.8. The van der Waals surface area contributed by atoms with Crippen LogP contribution in [0.5, 0.6) is 11.8 Å². The summed E-state index contributed by atoms with van der Waals surface area (Å²) in [4.78, 5) is 4.25. The van der Waals surface area contributed by atoms with Crippen LogP contribution in [0.1, 0.15) is 18.9 Å². The fraction of sp³-hybridized carbons (Fsp3) is 0.583. The molecule has 4 nitrogen and oxygen atoms in total. The maximum Gasteiger partial charge on any atom is 0.219 e. The van der Waals surface area contributed by atoms with E-state index in [9.17, 15) is 0 Å². The van der Waals surface area contributed by atoms with Crippen LogP contribution in [0.25, 0.3) is 0 Å². The third kappa shape index (κ3) is 3.38. The van der Waals surface area contributed by atoms with Crippen LogP contribution in [0, 0.1) is 0 Å². The predicted octanol–water partition coefficient (Wildman–Crippen LogP) is 1.64. The maximum absolute atomic E-state index is 5.24. The molecule has 0 unspecified atom stereocenters. The lowest BCUT2D eigenvalue weighted by Crippen LogP contribution is -2.21. The second-order valence-electron chi connectivity index (χ2n) is 3.75. The Hall–Kier alpha value is -1.29. The number of nitrogens with one attached hydrogen (secondary N) is 1. The van der Waals surface area contributed by atoms with Crippen molar-refractivity contribution in [1.82, 2.24) is 10.3 Å². The summed E-state index contributed by atoms with van der Waals surface area (Å²) in [6.45, 7) is 2.16. The molecule has 0 radical (unpaired) electrons. The molecule has 0 bridgehead atoms. The van der Waals surface area contributed by atoms with Crippen molar-refractivity contribution in [2.45, 2.75) is 25.8 Å². The van der Waals surface area contributed by atoms with Gasteiger partial charge in [-0.2, -0.15) is 4.98 Å². The molecule has 90 valence electrons. The minimum atomic E-state index is 0.492. The summed E-state index contributed by atoms with van der Waals surface area (Å²) in [6, 6.07) is 4.36. The van der Waals surface area contributed by atoms with Crippen LogP contribution in [0.2, 0.25) is 0 Å². The minimum absolute atomic E-state index is 0.492. The van der Waals surface area contributed by atoms with E-state index >= 15 is 0 Å². The lowest BCUT2D eigenvalue weighted by atomic mass is 10.1. The Morgan fingerprint density at radius 1 is 1.31 bits per heavy atom. The first-order chi connectivity index (χ1) is 7.71. The summed E-state index contributed by atoms with van der Waals surface area (Å²) in [5.74, 6) is 1.24. The van der Waals surface area contributed by atoms with Crippen LogP contribution in [-0.2, 0) is 6.42 Å². The van der Waals surface area contributed by atoms with Crippen LogP contribution >= 0.6 is 0 Å². The van der Waals surface area contributed by atoms with Gasteiger partial charge in [0.2, 0.25) is 11.8 Å². The zero-order chi connectivity index (χ0) is 12.0. The molecule has 1 heterocycles. The largest absolute Gasteiger partial charge is 0.481 e. The Labute approximate surface area is 97.0 Å². The molecule has 1 atom stereocenters. The smallest absolute Gasteiger partial charge is 0.219 e. The van der Waals surface area contributed by atoms with Crippen molar-refractivity contribution < 1.29 is 9.47 Å². The van der Waals surface area contributed by atoms with Crippen molar-refractivity contribution in [3.8, 4) is 11.8 Å². The molecule has 1 aromatic heterocycles. The van der Waals surface area contributed by atoms with Crippen molar-refractivity contribution in [3.05, 3.63) is 17.7 Å². The summed E-state index contributed by atoms with van der Waals surface area (Å²) in [5.41, 5.74) is 1.12. The van der Waals surface area contributed by atoms with E-state index in [-0.39, 0.29) is 0 Å². The molecule has 0 aliphatic heterocycles. The van der Waals surface area contributed by atoms with Crippen LogP contribution in [-0.4, -0.2) is 32.3 Å². The summed E-state index contributed by atoms with van der Waals surface area (Å²) >= 11 is 0. The molecule has 0 amide bonds. The zero-order valence-corrected chi connectivity index (χ0v) is 10.4. The van der Waals surface area contributed by atoms with Gasteiger partial charge in [0.05, 0.1) is 14.2 Å². The van der Waals surface area contributed by atoms with Gasteiger partial charge in [-0.25, -0.2) is 0 Å². The van der Waals surface area contributed by atoms with E-state index < -0.39 is 0 Å². The Morgan fingerprint density at radius 2 is 2.06 bits per heavy atom. The molecule has 0 aliphatic rings. The average Bonchev–Trinajstić information content (AvgIpc) is 2.35. The summed E-state index contributed by atoms with van der Waals surface area (Å²) in [6.07, 6.45) is 2.00. The molecule has 1 N–H and O–H groups in total. The van der Waals surface area contributed by atoms with Gasteiger partial charge in [0.15, 0.2) is 0 Å². The number of ether oxygens (including phenoxy) is 2. The molecule has 0 saturated carbocycles. The van der Waals surface area contributed by atoms with E-state index in [2.05, 4.69) is 17.2 Å². The highest BCUT2D eigenvalue weighted by Crippen LogP contribution is 2.21. The van der Waals surface area contributed by atoms with Gasteiger partial charge >= 0.3 is 0 Å². The normalized spacial score (nSPS) is 12.2. The van der Waals surface area contributed by atoms with E-state index in [0.29, 0.717) is 17.8 Å². The summed E-state index contributed by atoms with van der Waals surface area (Å²) < 4.78 is 10.3. The molecule has 0 saturated heterocycles. The first-order valence-electron chi connectivity index (χ1n) is 5.46. The lowest BCUT2D eigenvalue weighted by Gasteiger charge is -2.12. The highest BCUT2D eigenvalue weighted by molar-refractivity contribution is 5.30. The van der Waals surface area contributed by atoms with Crippen molar-refractivity contribution in [1.29, 1.82) is 0 Å². The van der Waals surface area contributed by atoms with Gasteiger partial charge in [-0.3, -0.25) is 0 Å². The van der Waals surface area contributed by atoms with Gasteiger partial charge in [0.1, 0.15) is 0 Å². The number of pyridine rings is 1. The first-order valence-corrected chi connectivity index (χ1v) is 5.46. The van der Waals surface area contributed by atoms with Gasteiger partial charge in [-0.05, 0) is 32.9 Å². The van der Waals surface area contributed by atoms with Crippen molar-refractivity contribution in [3.63, 3.8) is 0 Å². The molecule has 1 aromatic rings. The van der Waals surface area contributed by atoms with Gasteiger partial charge < -0.3 is 14.8 Å². The molecule has 0 aliphatic carbocycles. The standard InChI is InChI=1S/C12H20N2O2/c1-9(13-2)5-6-10-7-8-11(15-3)14-12(10)16-4/h7-9,13H,5-6H2,1-4H3/t9-/m1/s1. The van der Waals surface area contributed by atoms with Crippen molar-refractivity contribution >= 4 is 0 Å². The van der Waals surface area contributed by atoms with Crippen LogP contribution in [0.4, 0.5) is 0 Å². The molecule has 0 fully saturated rings. The third-order valence-electron chi connectivity index (χ3n) is 2.66.